The third-order valence-electron chi connectivity index (χ3n) is 7.17. The monoisotopic (exact) mass is 529 g/mol. The number of hydrogen-bond donors (Lipinski definition) is 1. The zero-order valence-corrected chi connectivity index (χ0v) is 21.8. The largest absolute Gasteiger partial charge is 0.497 e. The number of nitrogens with one attached hydrogen (secondary N) is 1. The molecule has 1 fully saturated rings. The number of fused-ring (bicyclic) bond motifs is 1. The van der Waals surface area contributed by atoms with Gasteiger partial charge in [0.25, 0.3) is 11.8 Å². The fourth-order valence-electron chi connectivity index (χ4n) is 5.14. The molecule has 3 heterocycles. The quantitative estimate of drug-likeness (QED) is 0.367. The number of imide groups is 1. The second-order valence-corrected chi connectivity index (χ2v) is 10.5. The van der Waals surface area contributed by atoms with Gasteiger partial charge in [0.2, 0.25) is 5.91 Å². The molecule has 3 aromatic carbocycles. The van der Waals surface area contributed by atoms with Gasteiger partial charge in [-0.1, -0.05) is 35.6 Å². The van der Waals surface area contributed by atoms with Gasteiger partial charge in [0, 0.05) is 55.8 Å². The Labute approximate surface area is 223 Å². The molecular weight excluding hydrogens is 502 g/mol. The Hall–Kier alpha value is -3.86. The predicted octanol–water partition coefficient (Wildman–Crippen LogP) is 3.31. The molecule has 1 saturated heterocycles. The Kier molecular flexibility index (Phi) is 6.52. The zero-order chi connectivity index (χ0) is 26.2. The second kappa shape index (κ2) is 10.1. The number of nitrogens with zero attached hydrogens (tertiary/aromatic N) is 4. The molecule has 10 heteroatoms. The zero-order valence-electron chi connectivity index (χ0n) is 21.0. The molecule has 9 nitrogen and oxygen atoms in total. The van der Waals surface area contributed by atoms with Gasteiger partial charge >= 0.3 is 0 Å². The maximum absolute atomic E-state index is 13.1. The molecule has 0 saturated carbocycles. The van der Waals surface area contributed by atoms with E-state index in [0.717, 1.165) is 52.9 Å². The summed E-state index contributed by atoms with van der Waals surface area (Å²) >= 11 is 1.42. The van der Waals surface area contributed by atoms with E-state index < -0.39 is 0 Å². The molecule has 0 aliphatic carbocycles. The maximum atomic E-state index is 13.1. The van der Waals surface area contributed by atoms with Gasteiger partial charge in [-0.15, -0.1) is 0 Å². The Bertz CT molecular complexity index is 1510. The summed E-state index contributed by atoms with van der Waals surface area (Å²) in [5.41, 5.74) is 1.99. The van der Waals surface area contributed by atoms with Gasteiger partial charge in [-0.2, -0.15) is 0 Å². The highest BCUT2D eigenvalue weighted by molar-refractivity contribution is 7.22. The Morgan fingerprint density at radius 3 is 2.32 bits per heavy atom. The molecule has 1 N–H and O–H groups in total. The molecular formula is C28H27N5O4S. The van der Waals surface area contributed by atoms with E-state index in [-0.39, 0.29) is 24.3 Å². The smallest absolute Gasteiger partial charge is 0.261 e. The third-order valence-corrected chi connectivity index (χ3v) is 8.10. The van der Waals surface area contributed by atoms with Crippen LogP contribution < -0.4 is 10.1 Å². The van der Waals surface area contributed by atoms with Gasteiger partial charge in [0.15, 0.2) is 5.13 Å². The molecule has 2 aliphatic rings. The lowest BCUT2D eigenvalue weighted by Crippen LogP contribution is -2.51. The van der Waals surface area contributed by atoms with E-state index in [1.165, 1.54) is 16.2 Å². The highest BCUT2D eigenvalue weighted by Crippen LogP contribution is 2.30. The summed E-state index contributed by atoms with van der Waals surface area (Å²) in [5, 5.41) is 5.14. The first kappa shape index (κ1) is 24.5. The highest BCUT2D eigenvalue weighted by atomic mass is 32.1. The topological polar surface area (TPSA) is 95.1 Å². The number of amides is 3. The van der Waals surface area contributed by atoms with Gasteiger partial charge in [0.1, 0.15) is 5.75 Å². The summed E-state index contributed by atoms with van der Waals surface area (Å²) in [5.74, 6) is 0.195. The lowest BCUT2D eigenvalue weighted by Gasteiger charge is -2.35. The first-order valence-corrected chi connectivity index (χ1v) is 13.4. The van der Waals surface area contributed by atoms with Crippen LogP contribution in [0.2, 0.25) is 0 Å². The molecule has 0 spiro atoms. The SMILES string of the molecule is COc1ccc2nc(NC(=O)CN3CCN(CCN4C(=O)c5cccc6cccc(c56)C4=O)CC3)sc2c1. The summed E-state index contributed by atoms with van der Waals surface area (Å²) in [6, 6.07) is 16.8. The van der Waals surface area contributed by atoms with Crippen LogP contribution in [-0.2, 0) is 4.79 Å². The summed E-state index contributed by atoms with van der Waals surface area (Å²) in [6.07, 6.45) is 0. The maximum Gasteiger partial charge on any atom is 0.261 e. The molecule has 3 amide bonds. The molecule has 4 aromatic rings. The first-order chi connectivity index (χ1) is 18.5. The summed E-state index contributed by atoms with van der Waals surface area (Å²) in [4.78, 5) is 49.1. The summed E-state index contributed by atoms with van der Waals surface area (Å²) < 4.78 is 6.21. The van der Waals surface area contributed by atoms with E-state index in [1.807, 2.05) is 42.5 Å². The number of ether oxygens (including phenoxy) is 1. The fraction of sp³-hybridized carbons (Fsp3) is 0.286. The van der Waals surface area contributed by atoms with E-state index in [4.69, 9.17) is 4.74 Å². The number of aromatic nitrogens is 1. The normalized spacial score (nSPS) is 16.4. The van der Waals surface area contributed by atoms with Crippen molar-refractivity contribution in [1.82, 2.24) is 19.7 Å². The van der Waals surface area contributed by atoms with Crippen molar-refractivity contribution in [3.63, 3.8) is 0 Å². The average molecular weight is 530 g/mol. The minimum atomic E-state index is -0.233. The van der Waals surface area contributed by atoms with Gasteiger partial charge in [-0.3, -0.25) is 29.1 Å². The Balaban J connectivity index is 1.01. The van der Waals surface area contributed by atoms with E-state index in [9.17, 15) is 14.4 Å². The molecule has 6 rings (SSSR count). The van der Waals surface area contributed by atoms with Crippen LogP contribution in [0, 0.1) is 0 Å². The van der Waals surface area contributed by atoms with Gasteiger partial charge in [-0.05, 0) is 35.7 Å². The lowest BCUT2D eigenvalue weighted by molar-refractivity contribution is -0.117. The van der Waals surface area contributed by atoms with Crippen molar-refractivity contribution >= 4 is 55.2 Å². The van der Waals surface area contributed by atoms with Gasteiger partial charge in [-0.25, -0.2) is 4.98 Å². The Morgan fingerprint density at radius 2 is 1.63 bits per heavy atom. The van der Waals surface area contributed by atoms with Crippen LogP contribution in [0.3, 0.4) is 0 Å². The number of carbonyl (C=O) groups excluding carboxylic acids is 3. The number of methoxy groups -OCH3 is 1. The van der Waals surface area contributed by atoms with Crippen molar-refractivity contribution in [3.8, 4) is 5.75 Å². The highest BCUT2D eigenvalue weighted by Gasteiger charge is 2.33. The molecule has 38 heavy (non-hydrogen) atoms. The van der Waals surface area contributed by atoms with E-state index >= 15 is 0 Å². The van der Waals surface area contributed by atoms with Crippen LogP contribution in [0.4, 0.5) is 5.13 Å². The molecule has 0 unspecified atom stereocenters. The van der Waals surface area contributed by atoms with Gasteiger partial charge in [0.05, 0.1) is 23.9 Å². The predicted molar refractivity (Wildman–Crippen MR) is 147 cm³/mol. The molecule has 0 atom stereocenters. The van der Waals surface area contributed by atoms with Crippen molar-refractivity contribution in [2.45, 2.75) is 0 Å². The number of benzene rings is 3. The number of hydrogen-bond acceptors (Lipinski definition) is 8. The van der Waals surface area contributed by atoms with Crippen LogP contribution in [-0.4, -0.2) is 90.3 Å². The third kappa shape index (κ3) is 4.62. The van der Waals surface area contributed by atoms with Crippen molar-refractivity contribution in [1.29, 1.82) is 0 Å². The van der Waals surface area contributed by atoms with Crippen molar-refractivity contribution < 1.29 is 19.1 Å². The van der Waals surface area contributed by atoms with Crippen LogP contribution in [0.15, 0.2) is 54.6 Å². The average Bonchev–Trinajstić information content (AvgIpc) is 3.33. The Morgan fingerprint density at radius 1 is 0.947 bits per heavy atom. The van der Waals surface area contributed by atoms with Crippen LogP contribution >= 0.6 is 11.3 Å². The molecule has 1 aromatic heterocycles. The minimum Gasteiger partial charge on any atom is -0.497 e. The summed E-state index contributed by atoms with van der Waals surface area (Å²) in [6.45, 7) is 4.21. The van der Waals surface area contributed by atoms with Crippen molar-refractivity contribution in [3.05, 3.63) is 65.7 Å². The summed E-state index contributed by atoms with van der Waals surface area (Å²) in [7, 11) is 1.62. The van der Waals surface area contributed by atoms with Crippen molar-refractivity contribution in [2.24, 2.45) is 0 Å². The first-order valence-electron chi connectivity index (χ1n) is 12.6. The van der Waals surface area contributed by atoms with Crippen LogP contribution in [0.25, 0.3) is 21.0 Å². The number of piperazine rings is 1. The molecule has 194 valence electrons. The van der Waals surface area contributed by atoms with Crippen LogP contribution in [0.5, 0.6) is 5.75 Å². The number of thiazole rings is 1. The van der Waals surface area contributed by atoms with Gasteiger partial charge < -0.3 is 10.1 Å². The van der Waals surface area contributed by atoms with E-state index in [2.05, 4.69) is 20.1 Å². The molecule has 0 radical (unpaired) electrons. The fourth-order valence-corrected chi connectivity index (χ4v) is 6.05. The molecule has 0 bridgehead atoms. The number of carbonyl (C=O) groups is 3. The van der Waals surface area contributed by atoms with E-state index in [0.29, 0.717) is 29.3 Å². The van der Waals surface area contributed by atoms with E-state index in [1.54, 1.807) is 19.2 Å². The van der Waals surface area contributed by atoms with Crippen LogP contribution in [0.1, 0.15) is 20.7 Å². The number of rotatable bonds is 7. The lowest BCUT2D eigenvalue weighted by atomic mass is 9.94. The minimum absolute atomic E-state index is 0.0955. The number of anilines is 1. The van der Waals surface area contributed by atoms with Crippen molar-refractivity contribution in [2.75, 3.05) is 58.2 Å². The standard InChI is InChI=1S/C28H27N5O4S/c1-37-19-8-9-22-23(16-19)38-28(29-22)30-24(34)17-32-12-10-31(11-13-32)14-15-33-26(35)20-6-2-4-18-5-3-7-21(25(18)20)27(33)36/h2-9,16H,10-15,17H2,1H3,(H,29,30,34). The second-order valence-electron chi connectivity index (χ2n) is 9.49. The molecule has 2 aliphatic heterocycles.